The molecular weight excluding hydrogens is 214 g/mol. The zero-order valence-electron chi connectivity index (χ0n) is 10.7. The van der Waals surface area contributed by atoms with Crippen LogP contribution in [-0.2, 0) is 9.53 Å². The van der Waals surface area contributed by atoms with Crippen LogP contribution < -0.4 is 4.90 Å². The molecule has 0 aliphatic carbocycles. The van der Waals surface area contributed by atoms with E-state index in [0.717, 1.165) is 19.5 Å². The van der Waals surface area contributed by atoms with Crippen molar-refractivity contribution >= 4 is 11.7 Å². The molecule has 0 radical (unpaired) electrons. The van der Waals surface area contributed by atoms with Crippen molar-refractivity contribution in [3.05, 3.63) is 29.3 Å². The fourth-order valence-electron chi connectivity index (χ4n) is 2.50. The molecule has 1 aromatic carbocycles. The molecule has 1 aromatic rings. The third-order valence-electron chi connectivity index (χ3n) is 3.42. The topological polar surface area (TPSA) is 29.5 Å². The smallest absolute Gasteiger partial charge is 0.310 e. The van der Waals surface area contributed by atoms with Gasteiger partial charge in [-0.3, -0.25) is 4.79 Å². The summed E-state index contributed by atoms with van der Waals surface area (Å²) in [6.07, 6.45) is 0.889. The number of carbonyl (C=O) groups is 1. The highest BCUT2D eigenvalue weighted by atomic mass is 16.5. The number of hydrogen-bond donors (Lipinski definition) is 0. The summed E-state index contributed by atoms with van der Waals surface area (Å²) >= 11 is 0. The van der Waals surface area contributed by atoms with Crippen LogP contribution >= 0.6 is 0 Å². The Balaban J connectivity index is 2.12. The Labute approximate surface area is 102 Å². The van der Waals surface area contributed by atoms with E-state index in [4.69, 9.17) is 4.74 Å². The maximum absolute atomic E-state index is 11.5. The van der Waals surface area contributed by atoms with Crippen molar-refractivity contribution in [1.82, 2.24) is 0 Å². The Bertz CT molecular complexity index is 428. The number of benzene rings is 1. The summed E-state index contributed by atoms with van der Waals surface area (Å²) in [4.78, 5) is 13.8. The molecule has 1 aliphatic rings. The van der Waals surface area contributed by atoms with Gasteiger partial charge in [0.15, 0.2) is 0 Å². The molecule has 0 amide bonds. The summed E-state index contributed by atoms with van der Waals surface area (Å²) in [6, 6.07) is 6.44. The van der Waals surface area contributed by atoms with Gasteiger partial charge in [0.1, 0.15) is 0 Å². The average Bonchev–Trinajstić information content (AvgIpc) is 2.77. The Morgan fingerprint density at radius 2 is 2.18 bits per heavy atom. The van der Waals surface area contributed by atoms with Crippen molar-refractivity contribution in [3.63, 3.8) is 0 Å². The minimum Gasteiger partial charge on any atom is -0.469 e. The molecule has 0 spiro atoms. The molecule has 0 N–H and O–H groups in total. The number of rotatable bonds is 2. The number of carbonyl (C=O) groups excluding carboxylic acids is 1. The molecule has 0 aromatic heterocycles. The van der Waals surface area contributed by atoms with E-state index in [1.165, 1.54) is 23.9 Å². The lowest BCUT2D eigenvalue weighted by molar-refractivity contribution is -0.144. The molecule has 1 aliphatic heterocycles. The van der Waals surface area contributed by atoms with E-state index in [1.807, 2.05) is 0 Å². The van der Waals surface area contributed by atoms with Gasteiger partial charge < -0.3 is 9.64 Å². The Morgan fingerprint density at radius 1 is 1.41 bits per heavy atom. The minimum absolute atomic E-state index is 0.0284. The minimum atomic E-state index is -0.0859. The molecule has 17 heavy (non-hydrogen) atoms. The first-order valence-corrected chi connectivity index (χ1v) is 6.02. The normalized spacial score (nSPS) is 19.5. The van der Waals surface area contributed by atoms with Gasteiger partial charge in [-0.25, -0.2) is 0 Å². The predicted octanol–water partition coefficient (Wildman–Crippen LogP) is 2.30. The summed E-state index contributed by atoms with van der Waals surface area (Å²) in [5.41, 5.74) is 3.78. The summed E-state index contributed by atoms with van der Waals surface area (Å²) in [7, 11) is 1.46. The van der Waals surface area contributed by atoms with E-state index in [2.05, 4.69) is 36.9 Å². The van der Waals surface area contributed by atoms with Gasteiger partial charge in [0.05, 0.1) is 13.0 Å². The second-order valence-corrected chi connectivity index (χ2v) is 4.74. The van der Waals surface area contributed by atoms with Crippen LogP contribution in [0.4, 0.5) is 5.69 Å². The fourth-order valence-corrected chi connectivity index (χ4v) is 2.50. The number of methoxy groups -OCH3 is 1. The van der Waals surface area contributed by atoms with Gasteiger partial charge in [0, 0.05) is 18.8 Å². The maximum atomic E-state index is 11.5. The second kappa shape index (κ2) is 4.78. The van der Waals surface area contributed by atoms with Gasteiger partial charge in [0.25, 0.3) is 0 Å². The van der Waals surface area contributed by atoms with Crippen LogP contribution in [0.1, 0.15) is 17.5 Å². The van der Waals surface area contributed by atoms with Crippen molar-refractivity contribution in [3.8, 4) is 0 Å². The molecular formula is C14H19NO2. The second-order valence-electron chi connectivity index (χ2n) is 4.74. The molecule has 1 saturated heterocycles. The van der Waals surface area contributed by atoms with Crippen LogP contribution in [0.25, 0.3) is 0 Å². The number of aryl methyl sites for hydroxylation is 2. The molecule has 3 heteroatoms. The highest BCUT2D eigenvalue weighted by molar-refractivity contribution is 5.74. The summed E-state index contributed by atoms with van der Waals surface area (Å²) in [6.45, 7) is 5.92. The summed E-state index contributed by atoms with van der Waals surface area (Å²) in [5.74, 6) is -0.0574. The highest BCUT2D eigenvalue weighted by Crippen LogP contribution is 2.27. The SMILES string of the molecule is COC(=O)C1CCN(c2ccc(C)cc2C)C1. The third-order valence-corrected chi connectivity index (χ3v) is 3.42. The number of nitrogens with zero attached hydrogens (tertiary/aromatic N) is 1. The van der Waals surface area contributed by atoms with Crippen LogP contribution in [0.3, 0.4) is 0 Å². The highest BCUT2D eigenvalue weighted by Gasteiger charge is 2.29. The molecule has 92 valence electrons. The van der Waals surface area contributed by atoms with E-state index >= 15 is 0 Å². The molecule has 3 nitrogen and oxygen atoms in total. The van der Waals surface area contributed by atoms with Crippen LogP contribution in [0.5, 0.6) is 0 Å². The first-order chi connectivity index (χ1) is 8.11. The van der Waals surface area contributed by atoms with Crippen molar-refractivity contribution in [2.45, 2.75) is 20.3 Å². The van der Waals surface area contributed by atoms with E-state index in [9.17, 15) is 4.79 Å². The van der Waals surface area contributed by atoms with E-state index in [-0.39, 0.29) is 11.9 Å². The number of anilines is 1. The summed E-state index contributed by atoms with van der Waals surface area (Å²) in [5, 5.41) is 0. The zero-order valence-corrected chi connectivity index (χ0v) is 10.7. The zero-order chi connectivity index (χ0) is 12.4. The molecule has 1 heterocycles. The van der Waals surface area contributed by atoms with Gasteiger partial charge in [-0.05, 0) is 31.9 Å². The average molecular weight is 233 g/mol. The Hall–Kier alpha value is -1.51. The molecule has 0 bridgehead atoms. The number of ether oxygens (including phenoxy) is 1. The first kappa shape index (κ1) is 12.0. The Morgan fingerprint density at radius 3 is 2.82 bits per heavy atom. The van der Waals surface area contributed by atoms with E-state index < -0.39 is 0 Å². The lowest BCUT2D eigenvalue weighted by atomic mass is 10.1. The van der Waals surface area contributed by atoms with Crippen LogP contribution in [-0.4, -0.2) is 26.2 Å². The van der Waals surface area contributed by atoms with Crippen LogP contribution in [0.15, 0.2) is 18.2 Å². The quantitative estimate of drug-likeness (QED) is 0.734. The van der Waals surface area contributed by atoms with Gasteiger partial charge in [-0.1, -0.05) is 17.7 Å². The fraction of sp³-hybridized carbons (Fsp3) is 0.500. The van der Waals surface area contributed by atoms with Crippen molar-refractivity contribution < 1.29 is 9.53 Å². The van der Waals surface area contributed by atoms with E-state index in [0.29, 0.717) is 0 Å². The maximum Gasteiger partial charge on any atom is 0.310 e. The molecule has 2 rings (SSSR count). The van der Waals surface area contributed by atoms with Crippen molar-refractivity contribution in [1.29, 1.82) is 0 Å². The molecule has 1 atom stereocenters. The number of hydrogen-bond acceptors (Lipinski definition) is 3. The summed E-state index contributed by atoms with van der Waals surface area (Å²) < 4.78 is 4.80. The Kier molecular flexibility index (Phi) is 3.36. The standard InChI is InChI=1S/C14H19NO2/c1-10-4-5-13(11(2)8-10)15-7-6-12(9-15)14(16)17-3/h4-5,8,12H,6-7,9H2,1-3H3. The van der Waals surface area contributed by atoms with Crippen LogP contribution in [0, 0.1) is 19.8 Å². The molecule has 1 fully saturated rings. The largest absolute Gasteiger partial charge is 0.469 e. The van der Waals surface area contributed by atoms with Gasteiger partial charge in [0.2, 0.25) is 0 Å². The monoisotopic (exact) mass is 233 g/mol. The van der Waals surface area contributed by atoms with Gasteiger partial charge in [-0.2, -0.15) is 0 Å². The lowest BCUT2D eigenvalue weighted by Crippen LogP contribution is -2.24. The van der Waals surface area contributed by atoms with E-state index in [1.54, 1.807) is 0 Å². The molecule has 0 saturated carbocycles. The number of esters is 1. The van der Waals surface area contributed by atoms with Crippen LogP contribution in [0.2, 0.25) is 0 Å². The predicted molar refractivity (Wildman–Crippen MR) is 68.3 cm³/mol. The van der Waals surface area contributed by atoms with Gasteiger partial charge in [-0.15, -0.1) is 0 Å². The first-order valence-electron chi connectivity index (χ1n) is 6.02. The third kappa shape index (κ3) is 2.43. The molecule has 1 unspecified atom stereocenters. The lowest BCUT2D eigenvalue weighted by Gasteiger charge is -2.21. The van der Waals surface area contributed by atoms with Gasteiger partial charge >= 0.3 is 5.97 Å². The van der Waals surface area contributed by atoms with Crippen molar-refractivity contribution in [2.24, 2.45) is 5.92 Å². The van der Waals surface area contributed by atoms with Crippen molar-refractivity contribution in [2.75, 3.05) is 25.1 Å².